The van der Waals surface area contributed by atoms with Crippen molar-refractivity contribution in [2.24, 2.45) is 5.92 Å². The van der Waals surface area contributed by atoms with E-state index < -0.39 is 0 Å². The second-order valence-electron chi connectivity index (χ2n) is 5.31. The minimum absolute atomic E-state index is 0.202. The van der Waals surface area contributed by atoms with Crippen LogP contribution in [0.1, 0.15) is 20.3 Å². The van der Waals surface area contributed by atoms with Crippen molar-refractivity contribution in [1.29, 1.82) is 0 Å². The Morgan fingerprint density at radius 3 is 2.58 bits per heavy atom. The van der Waals surface area contributed by atoms with Crippen molar-refractivity contribution >= 4 is 33.2 Å². The van der Waals surface area contributed by atoms with Gasteiger partial charge in [0.15, 0.2) is 0 Å². The minimum Gasteiger partial charge on any atom is -0.368 e. The zero-order chi connectivity index (χ0) is 13.8. The van der Waals surface area contributed by atoms with Crippen LogP contribution < -0.4 is 9.80 Å². The number of rotatable bonds is 4. The molecule has 1 aliphatic heterocycles. The third-order valence-electron chi connectivity index (χ3n) is 3.30. The summed E-state index contributed by atoms with van der Waals surface area (Å²) in [6.07, 6.45) is 0.554. The predicted molar refractivity (Wildman–Crippen MR) is 84.3 cm³/mol. The van der Waals surface area contributed by atoms with Crippen molar-refractivity contribution in [1.82, 2.24) is 0 Å². The van der Waals surface area contributed by atoms with E-state index in [1.807, 2.05) is 23.1 Å². The van der Waals surface area contributed by atoms with Gasteiger partial charge in [0.25, 0.3) is 0 Å². The Hall–Kier alpha value is -1.03. The molecule has 0 fully saturated rings. The molecule has 2 rings (SSSR count). The van der Waals surface area contributed by atoms with Crippen molar-refractivity contribution < 1.29 is 4.79 Å². The van der Waals surface area contributed by atoms with Gasteiger partial charge in [-0.1, -0.05) is 41.9 Å². The van der Waals surface area contributed by atoms with Crippen LogP contribution in [0.5, 0.6) is 0 Å². The van der Waals surface area contributed by atoms with Crippen molar-refractivity contribution in [3.63, 3.8) is 0 Å². The Labute approximate surface area is 123 Å². The molecule has 0 unspecified atom stereocenters. The molecule has 4 heteroatoms. The molecule has 1 amide bonds. The van der Waals surface area contributed by atoms with Gasteiger partial charge in [-0.2, -0.15) is 0 Å². The van der Waals surface area contributed by atoms with Crippen LogP contribution >= 0.6 is 15.9 Å². The van der Waals surface area contributed by atoms with Crippen LogP contribution in [0, 0.1) is 5.92 Å². The fourth-order valence-corrected chi connectivity index (χ4v) is 2.87. The van der Waals surface area contributed by atoms with Gasteiger partial charge in [0, 0.05) is 31.4 Å². The van der Waals surface area contributed by atoms with Crippen LogP contribution in [0.3, 0.4) is 0 Å². The Balaban J connectivity index is 2.26. The van der Waals surface area contributed by atoms with E-state index in [2.05, 4.69) is 40.7 Å². The van der Waals surface area contributed by atoms with Gasteiger partial charge >= 0.3 is 0 Å². The molecule has 0 aliphatic carbocycles. The summed E-state index contributed by atoms with van der Waals surface area (Å²) in [4.78, 5) is 16.5. The molecule has 0 spiro atoms. The Morgan fingerprint density at radius 1 is 1.26 bits per heavy atom. The third kappa shape index (κ3) is 3.30. The predicted octanol–water partition coefficient (Wildman–Crippen LogP) is 3.28. The second kappa shape index (κ2) is 6.42. The number of hydrogen-bond donors (Lipinski definition) is 0. The number of alkyl halides is 1. The highest BCUT2D eigenvalue weighted by molar-refractivity contribution is 9.09. The summed E-state index contributed by atoms with van der Waals surface area (Å²) in [6, 6.07) is 8.22. The van der Waals surface area contributed by atoms with Gasteiger partial charge in [0.2, 0.25) is 5.91 Å². The van der Waals surface area contributed by atoms with E-state index in [4.69, 9.17) is 0 Å². The standard InChI is InChI=1S/C15H21BrN2O/c1-12(2)11-17-9-10-18(15(19)7-8-16)14-6-4-3-5-13(14)17/h3-6,12H,7-11H2,1-2H3. The number of hydrogen-bond acceptors (Lipinski definition) is 2. The van der Waals surface area contributed by atoms with Crippen molar-refractivity contribution in [3.05, 3.63) is 24.3 Å². The van der Waals surface area contributed by atoms with E-state index in [1.165, 1.54) is 5.69 Å². The van der Waals surface area contributed by atoms with Crippen LogP contribution in [-0.4, -0.2) is 30.9 Å². The maximum Gasteiger partial charge on any atom is 0.227 e. The lowest BCUT2D eigenvalue weighted by atomic mass is 10.1. The van der Waals surface area contributed by atoms with Crippen LogP contribution in [0.2, 0.25) is 0 Å². The highest BCUT2D eigenvalue weighted by Gasteiger charge is 2.26. The van der Waals surface area contributed by atoms with Gasteiger partial charge in [-0.25, -0.2) is 0 Å². The number of para-hydroxylation sites is 2. The molecule has 0 aromatic heterocycles. The zero-order valence-electron chi connectivity index (χ0n) is 11.6. The molecular formula is C15H21BrN2O. The van der Waals surface area contributed by atoms with E-state index in [9.17, 15) is 4.79 Å². The smallest absolute Gasteiger partial charge is 0.227 e. The molecule has 0 atom stereocenters. The average Bonchev–Trinajstić information content (AvgIpc) is 2.38. The van der Waals surface area contributed by atoms with Crippen LogP contribution in [0.15, 0.2) is 24.3 Å². The summed E-state index contributed by atoms with van der Waals surface area (Å²) in [5, 5.41) is 0.722. The largest absolute Gasteiger partial charge is 0.368 e. The molecule has 1 heterocycles. The lowest BCUT2D eigenvalue weighted by Gasteiger charge is -2.38. The molecule has 0 saturated carbocycles. The normalized spacial score (nSPS) is 14.7. The van der Waals surface area contributed by atoms with E-state index >= 15 is 0 Å². The summed E-state index contributed by atoms with van der Waals surface area (Å²) in [5.41, 5.74) is 2.24. The van der Waals surface area contributed by atoms with Crippen LogP contribution in [0.4, 0.5) is 11.4 Å². The van der Waals surface area contributed by atoms with Gasteiger partial charge in [0.1, 0.15) is 0 Å². The molecule has 19 heavy (non-hydrogen) atoms. The number of amides is 1. The van der Waals surface area contributed by atoms with Gasteiger partial charge in [-0.15, -0.1) is 0 Å². The number of carbonyl (C=O) groups is 1. The number of halogens is 1. The van der Waals surface area contributed by atoms with Crippen molar-refractivity contribution in [3.8, 4) is 0 Å². The first kappa shape index (κ1) is 14.4. The summed E-state index contributed by atoms with van der Waals surface area (Å²) in [5.74, 6) is 0.825. The summed E-state index contributed by atoms with van der Waals surface area (Å²) in [7, 11) is 0. The molecule has 0 N–H and O–H groups in total. The highest BCUT2D eigenvalue weighted by atomic mass is 79.9. The Bertz CT molecular complexity index is 448. The highest BCUT2D eigenvalue weighted by Crippen LogP contribution is 2.33. The molecule has 3 nitrogen and oxygen atoms in total. The topological polar surface area (TPSA) is 23.6 Å². The molecule has 1 aromatic carbocycles. The van der Waals surface area contributed by atoms with Crippen LogP contribution in [0.25, 0.3) is 0 Å². The summed E-state index contributed by atoms with van der Waals surface area (Å²) >= 11 is 3.34. The Morgan fingerprint density at radius 2 is 1.95 bits per heavy atom. The van der Waals surface area contributed by atoms with Crippen LogP contribution in [-0.2, 0) is 4.79 Å². The first-order valence-electron chi connectivity index (χ1n) is 6.83. The number of carbonyl (C=O) groups excluding carboxylic acids is 1. The lowest BCUT2D eigenvalue weighted by molar-refractivity contribution is -0.118. The molecule has 0 saturated heterocycles. The lowest BCUT2D eigenvalue weighted by Crippen LogP contribution is -2.45. The second-order valence-corrected chi connectivity index (χ2v) is 6.11. The maximum atomic E-state index is 12.2. The minimum atomic E-state index is 0.202. The average molecular weight is 325 g/mol. The summed E-state index contributed by atoms with van der Waals surface area (Å²) < 4.78 is 0. The number of nitrogens with zero attached hydrogens (tertiary/aromatic N) is 2. The van der Waals surface area contributed by atoms with E-state index in [0.29, 0.717) is 12.3 Å². The van der Waals surface area contributed by atoms with Crippen molar-refractivity contribution in [2.45, 2.75) is 20.3 Å². The number of fused-ring (bicyclic) bond motifs is 1. The first-order valence-corrected chi connectivity index (χ1v) is 7.96. The van der Waals surface area contributed by atoms with Gasteiger partial charge < -0.3 is 9.80 Å². The third-order valence-corrected chi connectivity index (χ3v) is 3.70. The number of anilines is 2. The SMILES string of the molecule is CC(C)CN1CCN(C(=O)CCBr)c2ccccc21. The first-order chi connectivity index (χ1) is 9.13. The van der Waals surface area contributed by atoms with Gasteiger partial charge in [-0.05, 0) is 18.1 Å². The molecule has 1 aromatic rings. The molecular weight excluding hydrogens is 304 g/mol. The van der Waals surface area contributed by atoms with Gasteiger partial charge in [-0.3, -0.25) is 4.79 Å². The molecule has 104 valence electrons. The molecule has 0 radical (unpaired) electrons. The fraction of sp³-hybridized carbons (Fsp3) is 0.533. The van der Waals surface area contributed by atoms with E-state index in [1.54, 1.807) is 0 Å². The van der Waals surface area contributed by atoms with Gasteiger partial charge in [0.05, 0.1) is 11.4 Å². The molecule has 0 bridgehead atoms. The fourth-order valence-electron chi connectivity index (χ4n) is 2.53. The maximum absolute atomic E-state index is 12.2. The quantitative estimate of drug-likeness (QED) is 0.793. The van der Waals surface area contributed by atoms with E-state index in [0.717, 1.165) is 30.7 Å². The summed E-state index contributed by atoms with van der Waals surface area (Å²) in [6.45, 7) is 7.20. The Kier molecular flexibility index (Phi) is 4.86. The number of benzene rings is 1. The molecule has 1 aliphatic rings. The van der Waals surface area contributed by atoms with E-state index in [-0.39, 0.29) is 5.91 Å². The van der Waals surface area contributed by atoms with Crippen molar-refractivity contribution in [2.75, 3.05) is 34.8 Å². The monoisotopic (exact) mass is 324 g/mol. The zero-order valence-corrected chi connectivity index (χ0v) is 13.2.